The lowest BCUT2D eigenvalue weighted by atomic mass is 9.95. The largest absolute Gasteiger partial charge is 0.394 e. The summed E-state index contributed by atoms with van der Waals surface area (Å²) in [6.45, 7) is 10.3. The molecule has 1 unspecified atom stereocenters. The smallest absolute Gasteiger partial charge is 0.242 e. The van der Waals surface area contributed by atoms with Gasteiger partial charge in [0.2, 0.25) is 5.91 Å². The Bertz CT molecular complexity index is 290. The molecule has 1 heterocycles. The SMILES string of the molecule is CC(C)CCN1C(CO)C(=O)N(C)CCC1(C)C. The standard InChI is InChI=1S/C14H28N2O2/c1-11(2)6-8-16-12(10-17)13(18)15(5)9-7-14(16,3)4/h11-12,17H,6-10H2,1-5H3. The van der Waals surface area contributed by atoms with Crippen LogP contribution in [0.25, 0.3) is 0 Å². The average molecular weight is 256 g/mol. The Morgan fingerprint density at radius 3 is 2.56 bits per heavy atom. The van der Waals surface area contributed by atoms with Crippen LogP contribution in [0.4, 0.5) is 0 Å². The Balaban J connectivity index is 2.92. The summed E-state index contributed by atoms with van der Waals surface area (Å²) in [6, 6.07) is -0.383. The first-order valence-corrected chi connectivity index (χ1v) is 6.92. The topological polar surface area (TPSA) is 43.8 Å². The molecule has 0 spiro atoms. The summed E-state index contributed by atoms with van der Waals surface area (Å²) < 4.78 is 0. The van der Waals surface area contributed by atoms with Crippen molar-refractivity contribution in [3.63, 3.8) is 0 Å². The van der Waals surface area contributed by atoms with E-state index in [0.29, 0.717) is 5.92 Å². The molecule has 0 aromatic heterocycles. The summed E-state index contributed by atoms with van der Waals surface area (Å²) in [7, 11) is 1.83. The molecule has 1 N–H and O–H groups in total. The van der Waals surface area contributed by atoms with Crippen LogP contribution in [0.5, 0.6) is 0 Å². The molecule has 0 saturated carbocycles. The van der Waals surface area contributed by atoms with Crippen molar-refractivity contribution in [2.75, 3.05) is 26.7 Å². The zero-order valence-corrected chi connectivity index (χ0v) is 12.4. The number of carbonyl (C=O) groups is 1. The monoisotopic (exact) mass is 256 g/mol. The van der Waals surface area contributed by atoms with E-state index < -0.39 is 0 Å². The normalized spacial score (nSPS) is 25.6. The number of amides is 1. The molecule has 0 radical (unpaired) electrons. The molecule has 1 aliphatic rings. The average Bonchev–Trinajstić information content (AvgIpc) is 2.36. The number of nitrogens with zero attached hydrogens (tertiary/aromatic N) is 2. The minimum atomic E-state index is -0.383. The zero-order valence-electron chi connectivity index (χ0n) is 12.4. The Hall–Kier alpha value is -0.610. The molecule has 1 aliphatic heterocycles. The number of hydrogen-bond acceptors (Lipinski definition) is 3. The van der Waals surface area contributed by atoms with E-state index >= 15 is 0 Å². The zero-order chi connectivity index (χ0) is 13.9. The first kappa shape index (κ1) is 15.4. The van der Waals surface area contributed by atoms with Crippen molar-refractivity contribution >= 4 is 5.91 Å². The molecular weight excluding hydrogens is 228 g/mol. The molecule has 106 valence electrons. The number of aliphatic hydroxyl groups excluding tert-OH is 1. The molecule has 0 aliphatic carbocycles. The molecule has 4 nitrogen and oxygen atoms in total. The molecule has 1 fully saturated rings. The molecule has 18 heavy (non-hydrogen) atoms. The van der Waals surface area contributed by atoms with Gasteiger partial charge in [0.25, 0.3) is 0 Å². The third-order valence-electron chi connectivity index (χ3n) is 3.99. The highest BCUT2D eigenvalue weighted by molar-refractivity contribution is 5.82. The van der Waals surface area contributed by atoms with Crippen molar-refractivity contribution in [2.24, 2.45) is 5.92 Å². The van der Waals surface area contributed by atoms with Crippen LogP contribution >= 0.6 is 0 Å². The van der Waals surface area contributed by atoms with Crippen molar-refractivity contribution in [3.05, 3.63) is 0 Å². The van der Waals surface area contributed by atoms with E-state index in [1.165, 1.54) is 0 Å². The number of rotatable bonds is 4. The maximum Gasteiger partial charge on any atom is 0.242 e. The van der Waals surface area contributed by atoms with Gasteiger partial charge in [0, 0.05) is 19.1 Å². The summed E-state index contributed by atoms with van der Waals surface area (Å²) in [5.74, 6) is 0.656. The Morgan fingerprint density at radius 2 is 2.06 bits per heavy atom. The van der Waals surface area contributed by atoms with Crippen LogP contribution in [0.3, 0.4) is 0 Å². The van der Waals surface area contributed by atoms with Crippen LogP contribution in [0, 0.1) is 5.92 Å². The summed E-state index contributed by atoms with van der Waals surface area (Å²) in [6.07, 6.45) is 2.00. The number of carbonyl (C=O) groups excluding carboxylic acids is 1. The van der Waals surface area contributed by atoms with E-state index in [0.717, 1.165) is 25.9 Å². The summed E-state index contributed by atoms with van der Waals surface area (Å²) in [5.41, 5.74) is -0.0390. The first-order chi connectivity index (χ1) is 8.29. The Morgan fingerprint density at radius 1 is 1.44 bits per heavy atom. The maximum absolute atomic E-state index is 12.2. The van der Waals surface area contributed by atoms with Gasteiger partial charge in [-0.1, -0.05) is 13.8 Å². The summed E-state index contributed by atoms with van der Waals surface area (Å²) >= 11 is 0. The highest BCUT2D eigenvalue weighted by Gasteiger charge is 2.40. The van der Waals surface area contributed by atoms with Gasteiger partial charge in [0.05, 0.1) is 6.61 Å². The summed E-state index contributed by atoms with van der Waals surface area (Å²) in [5, 5.41) is 9.58. The second-order valence-corrected chi connectivity index (χ2v) is 6.40. The van der Waals surface area contributed by atoms with E-state index in [-0.39, 0.29) is 24.1 Å². The molecule has 1 rings (SSSR count). The quantitative estimate of drug-likeness (QED) is 0.825. The van der Waals surface area contributed by atoms with Gasteiger partial charge in [-0.25, -0.2) is 0 Å². The van der Waals surface area contributed by atoms with Gasteiger partial charge in [-0.3, -0.25) is 9.69 Å². The predicted molar refractivity (Wildman–Crippen MR) is 73.4 cm³/mol. The molecule has 0 bridgehead atoms. The van der Waals surface area contributed by atoms with E-state index in [2.05, 4.69) is 32.6 Å². The van der Waals surface area contributed by atoms with E-state index in [4.69, 9.17) is 0 Å². The molecule has 4 heteroatoms. The van der Waals surface area contributed by atoms with Crippen LogP contribution in [0.2, 0.25) is 0 Å². The van der Waals surface area contributed by atoms with Crippen molar-refractivity contribution in [1.29, 1.82) is 0 Å². The number of hydrogen-bond donors (Lipinski definition) is 1. The van der Waals surface area contributed by atoms with E-state index in [1.807, 2.05) is 7.05 Å². The second-order valence-electron chi connectivity index (χ2n) is 6.40. The van der Waals surface area contributed by atoms with Crippen molar-refractivity contribution in [2.45, 2.75) is 52.1 Å². The van der Waals surface area contributed by atoms with Gasteiger partial charge in [0.15, 0.2) is 0 Å². The van der Waals surface area contributed by atoms with Crippen LogP contribution < -0.4 is 0 Å². The molecule has 1 amide bonds. The van der Waals surface area contributed by atoms with Crippen LogP contribution in [0.1, 0.15) is 40.5 Å². The van der Waals surface area contributed by atoms with E-state index in [9.17, 15) is 9.90 Å². The number of likely N-dealkylation sites (N-methyl/N-ethyl adjacent to an activating group) is 1. The van der Waals surface area contributed by atoms with Crippen molar-refractivity contribution in [3.8, 4) is 0 Å². The maximum atomic E-state index is 12.2. The van der Waals surface area contributed by atoms with Crippen LogP contribution in [0.15, 0.2) is 0 Å². The van der Waals surface area contributed by atoms with Gasteiger partial charge >= 0.3 is 0 Å². The fourth-order valence-electron chi connectivity index (χ4n) is 2.54. The summed E-state index contributed by atoms with van der Waals surface area (Å²) in [4.78, 5) is 16.2. The Labute approximate surface area is 111 Å². The lowest BCUT2D eigenvalue weighted by molar-refractivity contribution is -0.137. The second kappa shape index (κ2) is 6.02. The van der Waals surface area contributed by atoms with Crippen molar-refractivity contribution in [1.82, 2.24) is 9.80 Å². The fraction of sp³-hybridized carbons (Fsp3) is 0.929. The highest BCUT2D eigenvalue weighted by Crippen LogP contribution is 2.27. The molecule has 1 atom stereocenters. The van der Waals surface area contributed by atoms with Crippen LogP contribution in [-0.2, 0) is 4.79 Å². The predicted octanol–water partition coefficient (Wildman–Crippen LogP) is 1.34. The molecular formula is C14H28N2O2. The molecule has 0 aromatic carbocycles. The number of aliphatic hydroxyl groups is 1. The van der Waals surface area contributed by atoms with Crippen LogP contribution in [-0.4, -0.2) is 59.1 Å². The van der Waals surface area contributed by atoms with Gasteiger partial charge in [-0.2, -0.15) is 0 Å². The highest BCUT2D eigenvalue weighted by atomic mass is 16.3. The van der Waals surface area contributed by atoms with Gasteiger partial charge in [0.1, 0.15) is 6.04 Å². The van der Waals surface area contributed by atoms with E-state index in [1.54, 1.807) is 4.90 Å². The fourth-order valence-corrected chi connectivity index (χ4v) is 2.54. The lowest BCUT2D eigenvalue weighted by Gasteiger charge is -2.40. The minimum absolute atomic E-state index is 0.0390. The van der Waals surface area contributed by atoms with Crippen molar-refractivity contribution < 1.29 is 9.90 Å². The van der Waals surface area contributed by atoms with Gasteiger partial charge in [-0.15, -0.1) is 0 Å². The molecule has 1 saturated heterocycles. The van der Waals surface area contributed by atoms with Gasteiger partial charge < -0.3 is 10.0 Å². The third kappa shape index (κ3) is 3.45. The Kier molecular flexibility index (Phi) is 5.17. The third-order valence-corrected chi connectivity index (χ3v) is 3.99. The minimum Gasteiger partial charge on any atom is -0.394 e. The lowest BCUT2D eigenvalue weighted by Crippen LogP contribution is -2.54. The first-order valence-electron chi connectivity index (χ1n) is 6.92. The molecule has 0 aromatic rings. The van der Waals surface area contributed by atoms with Gasteiger partial charge in [-0.05, 0) is 39.2 Å².